The van der Waals surface area contributed by atoms with Crippen LogP contribution < -0.4 is 15.0 Å². The van der Waals surface area contributed by atoms with Gasteiger partial charge in [-0.1, -0.05) is 18.2 Å². The van der Waals surface area contributed by atoms with Gasteiger partial charge in [-0.2, -0.15) is 0 Å². The Kier molecular flexibility index (Phi) is 4.46. The minimum Gasteiger partial charge on any atom is -0.489 e. The van der Waals surface area contributed by atoms with E-state index in [9.17, 15) is 14.0 Å². The van der Waals surface area contributed by atoms with E-state index in [1.807, 2.05) is 0 Å². The van der Waals surface area contributed by atoms with E-state index in [-0.39, 0.29) is 18.2 Å². The minimum absolute atomic E-state index is 0.0514. The molecular formula is C18H17FN2O3. The fourth-order valence-corrected chi connectivity index (χ4v) is 2.64. The molecule has 0 spiro atoms. The Hall–Kier alpha value is -2.89. The number of nitrogens with zero attached hydrogens (tertiary/aromatic N) is 1. The van der Waals surface area contributed by atoms with E-state index in [0.29, 0.717) is 35.8 Å². The second kappa shape index (κ2) is 6.70. The van der Waals surface area contributed by atoms with Crippen molar-refractivity contribution >= 4 is 23.2 Å². The van der Waals surface area contributed by atoms with E-state index in [4.69, 9.17) is 4.74 Å². The first-order valence-electron chi connectivity index (χ1n) is 7.63. The number of amides is 2. The van der Waals surface area contributed by atoms with Crippen molar-refractivity contribution < 1.29 is 18.7 Å². The summed E-state index contributed by atoms with van der Waals surface area (Å²) in [7, 11) is 0. The maximum atomic E-state index is 13.6. The number of fused-ring (bicyclic) bond motifs is 1. The van der Waals surface area contributed by atoms with Gasteiger partial charge in [-0.15, -0.1) is 0 Å². The molecule has 124 valence electrons. The third kappa shape index (κ3) is 3.37. The molecule has 1 aliphatic heterocycles. The predicted octanol–water partition coefficient (Wildman–Crippen LogP) is 2.75. The molecule has 24 heavy (non-hydrogen) atoms. The number of nitrogens with one attached hydrogen (secondary N) is 1. The summed E-state index contributed by atoms with van der Waals surface area (Å²) >= 11 is 0. The maximum absolute atomic E-state index is 13.6. The predicted molar refractivity (Wildman–Crippen MR) is 88.7 cm³/mol. The fourth-order valence-electron chi connectivity index (χ4n) is 2.64. The van der Waals surface area contributed by atoms with E-state index in [1.54, 1.807) is 41.3 Å². The highest BCUT2D eigenvalue weighted by atomic mass is 19.1. The van der Waals surface area contributed by atoms with Gasteiger partial charge in [0.15, 0.2) is 0 Å². The second-order valence-electron chi connectivity index (χ2n) is 5.52. The summed E-state index contributed by atoms with van der Waals surface area (Å²) in [5, 5.41) is 2.72. The van der Waals surface area contributed by atoms with Crippen molar-refractivity contribution in [3.8, 4) is 5.75 Å². The SMILES string of the molecule is CC(=O)N1CCOc2cc(NC(=O)Cc3ccccc3F)ccc21. The first kappa shape index (κ1) is 16.0. The Morgan fingerprint density at radius 2 is 2.04 bits per heavy atom. The first-order valence-corrected chi connectivity index (χ1v) is 7.63. The number of carbonyl (C=O) groups excluding carboxylic acids is 2. The lowest BCUT2D eigenvalue weighted by Crippen LogP contribution is -2.36. The molecule has 2 amide bonds. The van der Waals surface area contributed by atoms with Crippen LogP contribution in [0.2, 0.25) is 0 Å². The van der Waals surface area contributed by atoms with Gasteiger partial charge in [0.05, 0.1) is 18.7 Å². The Bertz CT molecular complexity index is 792. The van der Waals surface area contributed by atoms with Crippen LogP contribution in [0.1, 0.15) is 12.5 Å². The molecule has 5 nitrogen and oxygen atoms in total. The van der Waals surface area contributed by atoms with E-state index in [0.717, 1.165) is 0 Å². The van der Waals surface area contributed by atoms with Crippen LogP contribution in [0, 0.1) is 5.82 Å². The average Bonchev–Trinajstić information content (AvgIpc) is 2.56. The molecule has 0 radical (unpaired) electrons. The fraction of sp³-hybridized carbons (Fsp3) is 0.222. The molecule has 0 aliphatic carbocycles. The number of hydrogen-bond donors (Lipinski definition) is 1. The van der Waals surface area contributed by atoms with Crippen LogP contribution in [-0.4, -0.2) is 25.0 Å². The monoisotopic (exact) mass is 328 g/mol. The molecule has 1 aliphatic rings. The number of ether oxygens (including phenoxy) is 1. The quantitative estimate of drug-likeness (QED) is 0.942. The zero-order valence-electron chi connectivity index (χ0n) is 13.2. The van der Waals surface area contributed by atoms with Crippen molar-refractivity contribution in [2.75, 3.05) is 23.4 Å². The summed E-state index contributed by atoms with van der Waals surface area (Å²) in [6, 6.07) is 11.3. The topological polar surface area (TPSA) is 58.6 Å². The van der Waals surface area contributed by atoms with Crippen molar-refractivity contribution in [1.29, 1.82) is 0 Å². The van der Waals surface area contributed by atoms with Crippen LogP contribution in [0.5, 0.6) is 5.75 Å². The van der Waals surface area contributed by atoms with Gasteiger partial charge in [-0.3, -0.25) is 9.59 Å². The molecule has 3 rings (SSSR count). The van der Waals surface area contributed by atoms with E-state index >= 15 is 0 Å². The van der Waals surface area contributed by atoms with Crippen molar-refractivity contribution in [2.45, 2.75) is 13.3 Å². The maximum Gasteiger partial charge on any atom is 0.228 e. The molecule has 0 fully saturated rings. The first-order chi connectivity index (χ1) is 11.5. The van der Waals surface area contributed by atoms with Gasteiger partial charge in [-0.25, -0.2) is 4.39 Å². The smallest absolute Gasteiger partial charge is 0.228 e. The number of halogens is 1. The lowest BCUT2D eigenvalue weighted by molar-refractivity contribution is -0.117. The third-order valence-electron chi connectivity index (χ3n) is 3.80. The molecule has 0 bridgehead atoms. The second-order valence-corrected chi connectivity index (χ2v) is 5.52. The average molecular weight is 328 g/mol. The van der Waals surface area contributed by atoms with Crippen molar-refractivity contribution in [1.82, 2.24) is 0 Å². The Morgan fingerprint density at radius 1 is 1.25 bits per heavy atom. The van der Waals surface area contributed by atoms with E-state index < -0.39 is 5.82 Å². The minimum atomic E-state index is -0.404. The van der Waals surface area contributed by atoms with Crippen LogP contribution >= 0.6 is 0 Å². The molecule has 0 unspecified atom stereocenters. The molecule has 0 saturated carbocycles. The zero-order valence-corrected chi connectivity index (χ0v) is 13.2. The number of rotatable bonds is 3. The summed E-state index contributed by atoms with van der Waals surface area (Å²) < 4.78 is 19.2. The molecule has 1 N–H and O–H groups in total. The molecule has 0 atom stereocenters. The van der Waals surface area contributed by atoms with Crippen LogP contribution in [0.15, 0.2) is 42.5 Å². The van der Waals surface area contributed by atoms with Gasteiger partial charge in [0, 0.05) is 18.7 Å². The van der Waals surface area contributed by atoms with Gasteiger partial charge in [-0.05, 0) is 23.8 Å². The highest BCUT2D eigenvalue weighted by Gasteiger charge is 2.21. The Morgan fingerprint density at radius 3 is 2.79 bits per heavy atom. The molecule has 1 heterocycles. The molecule has 6 heteroatoms. The molecule has 0 saturated heterocycles. The van der Waals surface area contributed by atoms with Crippen LogP contribution in [0.25, 0.3) is 0 Å². The summed E-state index contributed by atoms with van der Waals surface area (Å²) in [4.78, 5) is 25.3. The molecular weight excluding hydrogens is 311 g/mol. The van der Waals surface area contributed by atoms with Gasteiger partial charge in [0.2, 0.25) is 11.8 Å². The van der Waals surface area contributed by atoms with Crippen molar-refractivity contribution in [2.24, 2.45) is 0 Å². The van der Waals surface area contributed by atoms with Gasteiger partial charge < -0.3 is 15.0 Å². The molecule has 0 aromatic heterocycles. The van der Waals surface area contributed by atoms with E-state index in [1.165, 1.54) is 13.0 Å². The number of anilines is 2. The Labute approximate surface area is 139 Å². The summed E-state index contributed by atoms with van der Waals surface area (Å²) in [6.07, 6.45) is -0.0514. The number of benzene rings is 2. The number of hydrogen-bond acceptors (Lipinski definition) is 3. The standard InChI is InChI=1S/C18H17FN2O3/c1-12(22)21-8-9-24-17-11-14(6-7-16(17)21)20-18(23)10-13-4-2-3-5-15(13)19/h2-7,11H,8-10H2,1H3,(H,20,23). The lowest BCUT2D eigenvalue weighted by atomic mass is 10.1. The van der Waals surface area contributed by atoms with Crippen molar-refractivity contribution in [3.05, 3.63) is 53.8 Å². The highest BCUT2D eigenvalue weighted by molar-refractivity contribution is 5.96. The van der Waals surface area contributed by atoms with Gasteiger partial charge in [0.1, 0.15) is 18.2 Å². The summed E-state index contributed by atoms with van der Waals surface area (Å²) in [6.45, 7) is 2.40. The third-order valence-corrected chi connectivity index (χ3v) is 3.80. The zero-order chi connectivity index (χ0) is 17.1. The van der Waals surface area contributed by atoms with Gasteiger partial charge >= 0.3 is 0 Å². The van der Waals surface area contributed by atoms with Crippen LogP contribution in [0.4, 0.5) is 15.8 Å². The van der Waals surface area contributed by atoms with Gasteiger partial charge in [0.25, 0.3) is 0 Å². The van der Waals surface area contributed by atoms with Crippen LogP contribution in [0.3, 0.4) is 0 Å². The van der Waals surface area contributed by atoms with Crippen molar-refractivity contribution in [3.63, 3.8) is 0 Å². The van der Waals surface area contributed by atoms with Crippen LogP contribution in [-0.2, 0) is 16.0 Å². The Balaban J connectivity index is 1.73. The van der Waals surface area contributed by atoms with E-state index in [2.05, 4.69) is 5.32 Å². The molecule has 2 aromatic rings. The molecule has 2 aromatic carbocycles. The largest absolute Gasteiger partial charge is 0.489 e. The highest BCUT2D eigenvalue weighted by Crippen LogP contribution is 2.34. The lowest BCUT2D eigenvalue weighted by Gasteiger charge is -2.29. The summed E-state index contributed by atoms with van der Waals surface area (Å²) in [5.41, 5.74) is 1.56. The normalized spacial score (nSPS) is 13.0. The number of carbonyl (C=O) groups is 2. The summed E-state index contributed by atoms with van der Waals surface area (Å²) in [5.74, 6) is -0.242.